The van der Waals surface area contributed by atoms with Gasteiger partial charge in [-0.05, 0) is 60.7 Å². The van der Waals surface area contributed by atoms with Crippen LogP contribution in [0.3, 0.4) is 0 Å². The van der Waals surface area contributed by atoms with Gasteiger partial charge < -0.3 is 20.4 Å². The maximum atomic E-state index is 12.9. The van der Waals surface area contributed by atoms with Crippen LogP contribution in [-0.2, 0) is 16.0 Å². The summed E-state index contributed by atoms with van der Waals surface area (Å²) in [5.74, 6) is 0.566. The smallest absolute Gasteiger partial charge is 0.243 e. The normalized spacial score (nSPS) is 13.3. The lowest BCUT2D eigenvalue weighted by Crippen LogP contribution is -2.39. The maximum absolute atomic E-state index is 12.9. The lowest BCUT2D eigenvalue weighted by Gasteiger charge is -2.22. The number of hydrogen-bond donors (Lipinski definition) is 2. The topological polar surface area (TPSA) is 88.6 Å². The molecule has 4 rings (SSSR count). The second-order valence-corrected chi connectivity index (χ2v) is 8.68. The van der Waals surface area contributed by atoms with Crippen molar-refractivity contribution in [2.75, 3.05) is 18.4 Å². The molecule has 3 aromatic rings. The first-order valence-electron chi connectivity index (χ1n) is 11.8. The zero-order valence-electron chi connectivity index (χ0n) is 19.5. The van der Waals surface area contributed by atoms with E-state index in [1.807, 2.05) is 66.7 Å². The van der Waals surface area contributed by atoms with Gasteiger partial charge in [-0.2, -0.15) is 0 Å². The van der Waals surface area contributed by atoms with Crippen molar-refractivity contribution < 1.29 is 14.0 Å². The number of carbonyl (C=O) groups is 2. The Hall–Kier alpha value is -3.80. The van der Waals surface area contributed by atoms with Crippen LogP contribution in [0.1, 0.15) is 43.9 Å². The fourth-order valence-electron chi connectivity index (χ4n) is 4.04. The van der Waals surface area contributed by atoms with Crippen molar-refractivity contribution in [1.82, 2.24) is 4.90 Å². The van der Waals surface area contributed by atoms with Crippen LogP contribution in [0.15, 0.2) is 76.9 Å². The molecule has 3 N–H and O–H groups in total. The molecular weight excluding hydrogens is 426 g/mol. The Balaban J connectivity index is 1.42. The van der Waals surface area contributed by atoms with Crippen LogP contribution in [0, 0.1) is 0 Å². The number of nitrogens with one attached hydrogen (secondary N) is 1. The number of nitrogens with zero attached hydrogens (tertiary/aromatic N) is 1. The molecule has 1 aliphatic rings. The van der Waals surface area contributed by atoms with Gasteiger partial charge in [-0.15, -0.1) is 0 Å². The van der Waals surface area contributed by atoms with Crippen LogP contribution in [0.25, 0.3) is 16.5 Å². The van der Waals surface area contributed by atoms with Gasteiger partial charge in [-0.3, -0.25) is 9.59 Å². The van der Waals surface area contributed by atoms with Gasteiger partial charge in [0.1, 0.15) is 11.3 Å². The van der Waals surface area contributed by atoms with E-state index in [4.69, 9.17) is 10.2 Å². The summed E-state index contributed by atoms with van der Waals surface area (Å²) in [6.07, 6.45) is 7.68. The molecule has 176 valence electrons. The molecule has 0 atom stereocenters. The van der Waals surface area contributed by atoms with Crippen LogP contribution in [0.5, 0.6) is 0 Å². The summed E-state index contributed by atoms with van der Waals surface area (Å²) in [6, 6.07) is 17.2. The number of hydrogen-bond acceptors (Lipinski definition) is 4. The highest BCUT2D eigenvalue weighted by molar-refractivity contribution is 5.97. The first kappa shape index (κ1) is 23.4. The fourth-order valence-corrected chi connectivity index (χ4v) is 4.04. The summed E-state index contributed by atoms with van der Waals surface area (Å²) in [4.78, 5) is 27.3. The average molecular weight is 458 g/mol. The molecule has 6 heteroatoms. The van der Waals surface area contributed by atoms with Gasteiger partial charge in [0.25, 0.3) is 0 Å². The third-order valence-electron chi connectivity index (χ3n) is 5.97. The molecule has 34 heavy (non-hydrogen) atoms. The van der Waals surface area contributed by atoms with E-state index in [0.717, 1.165) is 59.2 Å². The highest BCUT2D eigenvalue weighted by Gasteiger charge is 2.18. The van der Waals surface area contributed by atoms with Crippen molar-refractivity contribution >= 4 is 34.0 Å². The Morgan fingerprint density at radius 2 is 1.88 bits per heavy atom. The summed E-state index contributed by atoms with van der Waals surface area (Å²) in [5, 5.41) is 3.86. The molecule has 0 bridgehead atoms. The second kappa shape index (κ2) is 10.9. The van der Waals surface area contributed by atoms with E-state index in [1.54, 1.807) is 4.90 Å². The molecular formula is C28H31N3O3. The van der Waals surface area contributed by atoms with E-state index < -0.39 is 0 Å². The first-order chi connectivity index (χ1) is 16.5. The highest BCUT2D eigenvalue weighted by atomic mass is 16.3. The molecule has 0 unspecified atom stereocenters. The highest BCUT2D eigenvalue weighted by Crippen LogP contribution is 2.31. The predicted octanol–water partition coefficient (Wildman–Crippen LogP) is 5.26. The maximum Gasteiger partial charge on any atom is 0.243 e. The van der Waals surface area contributed by atoms with Gasteiger partial charge in [0.2, 0.25) is 11.8 Å². The molecule has 0 aliphatic heterocycles. The summed E-state index contributed by atoms with van der Waals surface area (Å²) in [6.45, 7) is 2.66. The second-order valence-electron chi connectivity index (χ2n) is 8.68. The van der Waals surface area contributed by atoms with Gasteiger partial charge in [0, 0.05) is 23.3 Å². The molecule has 0 saturated carbocycles. The van der Waals surface area contributed by atoms with Crippen molar-refractivity contribution in [3.05, 3.63) is 83.8 Å². The van der Waals surface area contributed by atoms with Gasteiger partial charge >= 0.3 is 0 Å². The van der Waals surface area contributed by atoms with Crippen LogP contribution in [0.4, 0.5) is 5.69 Å². The Bertz CT molecular complexity index is 1220. The molecule has 2 amide bonds. The van der Waals surface area contributed by atoms with E-state index in [-0.39, 0.29) is 24.8 Å². The average Bonchev–Trinajstić information content (AvgIpc) is 3.26. The number of carbonyl (C=O) groups excluding carboxylic acids is 2. The molecule has 0 radical (unpaired) electrons. The minimum atomic E-state index is -0.212. The van der Waals surface area contributed by atoms with E-state index in [1.165, 1.54) is 0 Å². The Labute approximate surface area is 200 Å². The molecule has 2 aromatic carbocycles. The minimum Gasteiger partial charge on any atom is -0.456 e. The quantitative estimate of drug-likeness (QED) is 0.459. The lowest BCUT2D eigenvalue weighted by atomic mass is 10.0. The molecule has 1 heterocycles. The Kier molecular flexibility index (Phi) is 7.48. The molecule has 1 aliphatic carbocycles. The minimum absolute atomic E-state index is 0.0288. The number of unbranched alkanes of at least 4 members (excludes halogenated alkanes) is 1. The predicted molar refractivity (Wildman–Crippen MR) is 136 cm³/mol. The SMILES string of the molecule is CCCCN(CC(=O)Nc1ccc2oc(C3=CC=C(N)CC3)cc2c1)C(=O)Cc1ccccc1. The van der Waals surface area contributed by atoms with Crippen molar-refractivity contribution in [3.8, 4) is 0 Å². The van der Waals surface area contributed by atoms with Crippen molar-refractivity contribution in [1.29, 1.82) is 0 Å². The van der Waals surface area contributed by atoms with Crippen molar-refractivity contribution in [2.45, 2.75) is 39.0 Å². The lowest BCUT2D eigenvalue weighted by molar-refractivity contribution is -0.134. The number of furan rings is 1. The summed E-state index contributed by atoms with van der Waals surface area (Å²) in [5.41, 5.74) is 10.2. The van der Waals surface area contributed by atoms with Crippen LogP contribution in [-0.4, -0.2) is 29.8 Å². The summed E-state index contributed by atoms with van der Waals surface area (Å²) in [7, 11) is 0. The van der Waals surface area contributed by atoms with Crippen molar-refractivity contribution in [3.63, 3.8) is 0 Å². The largest absolute Gasteiger partial charge is 0.456 e. The summed E-state index contributed by atoms with van der Waals surface area (Å²) >= 11 is 0. The number of fused-ring (bicyclic) bond motifs is 1. The summed E-state index contributed by atoms with van der Waals surface area (Å²) < 4.78 is 6.00. The number of nitrogens with two attached hydrogens (primary N) is 1. The van der Waals surface area contributed by atoms with E-state index in [9.17, 15) is 9.59 Å². The Morgan fingerprint density at radius 3 is 2.62 bits per heavy atom. The fraction of sp³-hybridized carbons (Fsp3) is 0.286. The number of amides is 2. The zero-order chi connectivity index (χ0) is 23.9. The molecule has 6 nitrogen and oxygen atoms in total. The number of benzene rings is 2. The molecule has 0 fully saturated rings. The van der Waals surface area contributed by atoms with Crippen LogP contribution in [0.2, 0.25) is 0 Å². The van der Waals surface area contributed by atoms with E-state index >= 15 is 0 Å². The monoisotopic (exact) mass is 457 g/mol. The standard InChI is InChI=1S/C28H31N3O3/c1-2-3-15-31(28(33)16-20-7-5-4-6-8-20)19-27(32)30-24-13-14-25-22(17-24)18-26(34-25)21-9-11-23(29)12-10-21/h4-9,11,13-14,17-18H,2-3,10,12,15-16,19,29H2,1H3,(H,30,32). The number of rotatable bonds is 9. The molecule has 0 saturated heterocycles. The van der Waals surface area contributed by atoms with Crippen LogP contribution >= 0.6 is 0 Å². The van der Waals surface area contributed by atoms with Crippen molar-refractivity contribution in [2.24, 2.45) is 5.73 Å². The number of allylic oxidation sites excluding steroid dienone is 4. The number of anilines is 1. The first-order valence-corrected chi connectivity index (χ1v) is 11.8. The zero-order valence-corrected chi connectivity index (χ0v) is 19.5. The molecule has 0 spiro atoms. The Morgan fingerprint density at radius 1 is 1.06 bits per heavy atom. The van der Waals surface area contributed by atoms with E-state index in [0.29, 0.717) is 12.2 Å². The molecule has 1 aromatic heterocycles. The van der Waals surface area contributed by atoms with Crippen LogP contribution < -0.4 is 11.1 Å². The van der Waals surface area contributed by atoms with Gasteiger partial charge in [0.05, 0.1) is 13.0 Å². The van der Waals surface area contributed by atoms with Gasteiger partial charge in [-0.1, -0.05) is 49.8 Å². The third kappa shape index (κ3) is 5.95. The van der Waals surface area contributed by atoms with Gasteiger partial charge in [0.15, 0.2) is 0 Å². The van der Waals surface area contributed by atoms with Gasteiger partial charge in [-0.25, -0.2) is 0 Å². The third-order valence-corrected chi connectivity index (χ3v) is 5.97. The van der Waals surface area contributed by atoms with E-state index in [2.05, 4.69) is 12.2 Å².